The molecule has 0 saturated heterocycles. The van der Waals surface area contributed by atoms with Crippen molar-refractivity contribution in [1.82, 2.24) is 0 Å². The first-order valence-electron chi connectivity index (χ1n) is 4.82. The van der Waals surface area contributed by atoms with E-state index >= 15 is 0 Å². The molecule has 0 saturated carbocycles. The Hall–Kier alpha value is -1.88. The quantitative estimate of drug-likeness (QED) is 0.909. The number of rotatable bonds is 3. The Bertz CT molecular complexity index is 594. The molecule has 1 N–H and O–H groups in total. The molecule has 0 aliphatic heterocycles. The predicted molar refractivity (Wildman–Crippen MR) is 62.5 cm³/mol. The van der Waals surface area contributed by atoms with Gasteiger partial charge in [0.15, 0.2) is 0 Å². The van der Waals surface area contributed by atoms with Crippen LogP contribution in [0.3, 0.4) is 0 Å². The van der Waals surface area contributed by atoms with E-state index in [9.17, 15) is 12.8 Å². The summed E-state index contributed by atoms with van der Waals surface area (Å²) < 4.78 is 38.8. The lowest BCUT2D eigenvalue weighted by molar-refractivity contribution is 0.599. The second-order valence-corrected chi connectivity index (χ2v) is 5.03. The largest absolute Gasteiger partial charge is 0.280 e. The molecule has 3 nitrogen and oxygen atoms in total. The Kier molecular flexibility index (Phi) is 3.10. The van der Waals surface area contributed by atoms with Crippen LogP contribution in [0.4, 0.5) is 10.1 Å². The molecule has 0 atom stereocenters. The summed E-state index contributed by atoms with van der Waals surface area (Å²) in [4.78, 5) is 0.0201. The van der Waals surface area contributed by atoms with Crippen LogP contribution in [0.5, 0.6) is 0 Å². The van der Waals surface area contributed by atoms with Crippen LogP contribution < -0.4 is 4.72 Å². The Balaban J connectivity index is 2.29. The van der Waals surface area contributed by atoms with E-state index in [-0.39, 0.29) is 4.90 Å². The van der Waals surface area contributed by atoms with Gasteiger partial charge in [0.05, 0.1) is 4.90 Å². The lowest BCUT2D eigenvalue weighted by Crippen LogP contribution is -2.12. The lowest BCUT2D eigenvalue weighted by Gasteiger charge is -2.07. The number of hydrogen-bond donors (Lipinski definition) is 1. The summed E-state index contributed by atoms with van der Waals surface area (Å²) in [5, 5.41) is 0. The van der Waals surface area contributed by atoms with Crippen molar-refractivity contribution < 1.29 is 12.8 Å². The van der Waals surface area contributed by atoms with Crippen LogP contribution in [0, 0.1) is 11.9 Å². The Morgan fingerprint density at radius 3 is 2.18 bits per heavy atom. The second kappa shape index (κ2) is 4.55. The van der Waals surface area contributed by atoms with Crippen molar-refractivity contribution in [1.29, 1.82) is 0 Å². The zero-order chi connectivity index (χ0) is 12.3. The summed E-state index contributed by atoms with van der Waals surface area (Å²) in [5.41, 5.74) is 0.438. The van der Waals surface area contributed by atoms with Crippen LogP contribution in [0.25, 0.3) is 0 Å². The highest BCUT2D eigenvalue weighted by atomic mass is 32.2. The molecular weight excluding hydrogens is 241 g/mol. The molecule has 0 heterocycles. The van der Waals surface area contributed by atoms with Gasteiger partial charge in [-0.15, -0.1) is 0 Å². The molecule has 0 aromatic heterocycles. The summed E-state index contributed by atoms with van der Waals surface area (Å²) in [5.74, 6) is -0.474. The third-order valence-electron chi connectivity index (χ3n) is 2.09. The summed E-state index contributed by atoms with van der Waals surface area (Å²) in [7, 11) is -3.66. The van der Waals surface area contributed by atoms with Crippen LogP contribution >= 0.6 is 0 Å². The van der Waals surface area contributed by atoms with Crippen molar-refractivity contribution in [3.63, 3.8) is 0 Å². The van der Waals surface area contributed by atoms with Gasteiger partial charge >= 0.3 is 0 Å². The molecule has 2 aromatic carbocycles. The Morgan fingerprint density at radius 2 is 1.59 bits per heavy atom. The molecule has 2 rings (SSSR count). The van der Waals surface area contributed by atoms with Gasteiger partial charge in [-0.25, -0.2) is 12.8 Å². The van der Waals surface area contributed by atoms with Gasteiger partial charge in [0, 0.05) is 5.69 Å². The smallest absolute Gasteiger partial charge is 0.261 e. The molecule has 0 bridgehead atoms. The molecule has 0 amide bonds. The average Bonchev–Trinajstić information content (AvgIpc) is 2.30. The van der Waals surface area contributed by atoms with E-state index in [1.54, 1.807) is 24.3 Å². The van der Waals surface area contributed by atoms with E-state index in [1.807, 2.05) is 0 Å². The zero-order valence-corrected chi connectivity index (χ0v) is 9.54. The van der Waals surface area contributed by atoms with Crippen LogP contribution in [0.2, 0.25) is 0 Å². The van der Waals surface area contributed by atoms with Gasteiger partial charge in [-0.3, -0.25) is 4.72 Å². The summed E-state index contributed by atoms with van der Waals surface area (Å²) in [6.45, 7) is 0. The van der Waals surface area contributed by atoms with Gasteiger partial charge in [0.25, 0.3) is 10.0 Å². The fourth-order valence-electron chi connectivity index (χ4n) is 1.28. The van der Waals surface area contributed by atoms with Crippen molar-refractivity contribution in [2.75, 3.05) is 4.72 Å². The minimum absolute atomic E-state index is 0.0201. The first-order chi connectivity index (χ1) is 8.08. The maximum Gasteiger partial charge on any atom is 0.261 e. The summed E-state index contributed by atoms with van der Waals surface area (Å²) >= 11 is 0. The molecule has 0 spiro atoms. The molecule has 87 valence electrons. The van der Waals surface area contributed by atoms with Gasteiger partial charge in [-0.05, 0) is 42.5 Å². The molecule has 2 aromatic rings. The Labute approximate surface area is 99.0 Å². The molecule has 1 radical (unpaired) electrons. The summed E-state index contributed by atoms with van der Waals surface area (Å²) in [6.07, 6.45) is 0. The number of benzene rings is 2. The Morgan fingerprint density at radius 1 is 1.00 bits per heavy atom. The fraction of sp³-hybridized carbons (Fsp3) is 0. The molecule has 0 unspecified atom stereocenters. The molecule has 5 heteroatoms. The molecule has 0 fully saturated rings. The minimum Gasteiger partial charge on any atom is -0.280 e. The summed E-state index contributed by atoms with van der Waals surface area (Å²) in [6, 6.07) is 13.8. The number of hydrogen-bond acceptors (Lipinski definition) is 2. The monoisotopic (exact) mass is 250 g/mol. The van der Waals surface area contributed by atoms with E-state index in [0.29, 0.717) is 5.69 Å². The number of nitrogens with one attached hydrogen (secondary N) is 1. The van der Waals surface area contributed by atoms with Crippen molar-refractivity contribution in [2.24, 2.45) is 0 Å². The highest BCUT2D eigenvalue weighted by Crippen LogP contribution is 2.15. The molecular formula is C12H9FNO2S. The van der Waals surface area contributed by atoms with Crippen molar-refractivity contribution >= 4 is 15.7 Å². The number of anilines is 1. The van der Waals surface area contributed by atoms with Crippen molar-refractivity contribution in [3.8, 4) is 0 Å². The normalized spacial score (nSPS) is 11.1. The van der Waals surface area contributed by atoms with Gasteiger partial charge in [-0.2, -0.15) is 0 Å². The van der Waals surface area contributed by atoms with Crippen molar-refractivity contribution in [3.05, 3.63) is 60.4 Å². The molecule has 17 heavy (non-hydrogen) atoms. The molecule has 0 aliphatic carbocycles. The average molecular weight is 250 g/mol. The van der Waals surface area contributed by atoms with Gasteiger partial charge < -0.3 is 0 Å². The van der Waals surface area contributed by atoms with Crippen LogP contribution in [0.15, 0.2) is 53.4 Å². The highest BCUT2D eigenvalue weighted by molar-refractivity contribution is 7.92. The van der Waals surface area contributed by atoms with Gasteiger partial charge in [0.2, 0.25) is 0 Å². The number of sulfonamides is 1. The van der Waals surface area contributed by atoms with E-state index < -0.39 is 15.8 Å². The van der Waals surface area contributed by atoms with Gasteiger partial charge in [0.1, 0.15) is 5.82 Å². The molecule has 0 aliphatic rings. The van der Waals surface area contributed by atoms with E-state index in [0.717, 1.165) is 12.1 Å². The standard InChI is InChI=1S/C12H9FNO2S/c13-10-6-8-12(9-7-10)17(15,16)14-11-4-2-1-3-5-11/h2-9,14H. The highest BCUT2D eigenvalue weighted by Gasteiger charge is 2.13. The lowest BCUT2D eigenvalue weighted by atomic mass is 10.3. The van der Waals surface area contributed by atoms with Crippen LogP contribution in [0.1, 0.15) is 0 Å². The first-order valence-corrected chi connectivity index (χ1v) is 6.31. The van der Waals surface area contributed by atoms with E-state index in [2.05, 4.69) is 10.8 Å². The third kappa shape index (κ3) is 2.82. The topological polar surface area (TPSA) is 46.2 Å². The maximum absolute atomic E-state index is 12.7. The van der Waals surface area contributed by atoms with Gasteiger partial charge in [-0.1, -0.05) is 12.1 Å². The minimum atomic E-state index is -3.66. The third-order valence-corrected chi connectivity index (χ3v) is 3.49. The van der Waals surface area contributed by atoms with E-state index in [4.69, 9.17) is 0 Å². The second-order valence-electron chi connectivity index (χ2n) is 3.35. The van der Waals surface area contributed by atoms with Crippen LogP contribution in [-0.4, -0.2) is 8.42 Å². The van der Waals surface area contributed by atoms with Crippen LogP contribution in [-0.2, 0) is 10.0 Å². The predicted octanol–water partition coefficient (Wildman–Crippen LogP) is 2.43. The maximum atomic E-state index is 12.7. The number of halogens is 1. The first kappa shape index (κ1) is 11.6. The van der Waals surface area contributed by atoms with E-state index in [1.165, 1.54) is 12.1 Å². The SMILES string of the molecule is O=S(=O)(Nc1cc[c]cc1)c1ccc(F)cc1. The fourth-order valence-corrected chi connectivity index (χ4v) is 2.34. The van der Waals surface area contributed by atoms with Crippen molar-refractivity contribution in [2.45, 2.75) is 4.90 Å². The zero-order valence-electron chi connectivity index (χ0n) is 8.72.